The fraction of sp³-hybridized carbons (Fsp3) is 1.00. The average molecular weight is 171 g/mol. The Morgan fingerprint density at radius 2 is 2.50 bits per heavy atom. The summed E-state index contributed by atoms with van der Waals surface area (Å²) in [4.78, 5) is 0. The maximum atomic E-state index is 8.93. The minimum absolute atomic E-state index is 0.102. The molecule has 2 atom stereocenters. The molecule has 0 aromatic rings. The van der Waals surface area contributed by atoms with Crippen molar-refractivity contribution in [2.45, 2.75) is 25.4 Å². The van der Waals surface area contributed by atoms with Crippen molar-refractivity contribution in [3.05, 3.63) is 0 Å². The van der Waals surface area contributed by atoms with E-state index in [0.29, 0.717) is 5.41 Å². The molecule has 2 heterocycles. The SMILES string of the molecule is OC[C@@H]1C[C@@]2(CCCNC2)CO1. The predicted octanol–water partition coefficient (Wildman–Crippen LogP) is 0.137. The fourth-order valence-electron chi connectivity index (χ4n) is 2.34. The molecule has 0 aromatic heterocycles. The highest BCUT2D eigenvalue weighted by Gasteiger charge is 2.40. The van der Waals surface area contributed by atoms with E-state index in [2.05, 4.69) is 5.32 Å². The molecule has 0 radical (unpaired) electrons. The van der Waals surface area contributed by atoms with Crippen molar-refractivity contribution in [1.82, 2.24) is 5.32 Å². The van der Waals surface area contributed by atoms with E-state index in [1.54, 1.807) is 0 Å². The van der Waals surface area contributed by atoms with Crippen molar-refractivity contribution in [1.29, 1.82) is 0 Å². The first-order valence-corrected chi connectivity index (χ1v) is 4.78. The first-order valence-electron chi connectivity index (χ1n) is 4.78. The zero-order valence-corrected chi connectivity index (χ0v) is 7.38. The molecule has 2 aliphatic rings. The Bertz CT molecular complexity index is 155. The number of hydrogen-bond acceptors (Lipinski definition) is 3. The van der Waals surface area contributed by atoms with Crippen molar-refractivity contribution in [3.8, 4) is 0 Å². The van der Waals surface area contributed by atoms with Gasteiger partial charge in [0.15, 0.2) is 0 Å². The van der Waals surface area contributed by atoms with E-state index in [1.165, 1.54) is 12.8 Å². The van der Waals surface area contributed by atoms with Crippen LogP contribution in [0.2, 0.25) is 0 Å². The molecule has 2 fully saturated rings. The minimum Gasteiger partial charge on any atom is -0.394 e. The molecule has 3 heteroatoms. The number of piperidine rings is 1. The summed E-state index contributed by atoms with van der Waals surface area (Å²) in [7, 11) is 0. The minimum atomic E-state index is 0.102. The van der Waals surface area contributed by atoms with Gasteiger partial charge in [-0.3, -0.25) is 0 Å². The zero-order chi connectivity index (χ0) is 8.44. The normalized spacial score (nSPS) is 42.2. The average Bonchev–Trinajstić information content (AvgIpc) is 2.50. The van der Waals surface area contributed by atoms with Crippen molar-refractivity contribution in [3.63, 3.8) is 0 Å². The molecule has 2 rings (SSSR count). The third kappa shape index (κ3) is 1.49. The van der Waals surface area contributed by atoms with Gasteiger partial charge in [-0.1, -0.05) is 0 Å². The molecule has 0 aromatic carbocycles. The lowest BCUT2D eigenvalue weighted by atomic mass is 9.79. The molecule has 2 saturated heterocycles. The maximum Gasteiger partial charge on any atom is 0.0812 e. The highest BCUT2D eigenvalue weighted by atomic mass is 16.5. The van der Waals surface area contributed by atoms with E-state index >= 15 is 0 Å². The highest BCUT2D eigenvalue weighted by molar-refractivity contribution is 4.91. The topological polar surface area (TPSA) is 41.5 Å². The van der Waals surface area contributed by atoms with Gasteiger partial charge in [0, 0.05) is 12.0 Å². The Kier molecular flexibility index (Phi) is 2.35. The van der Waals surface area contributed by atoms with E-state index < -0.39 is 0 Å². The molecule has 0 amide bonds. The summed E-state index contributed by atoms with van der Waals surface area (Å²) in [5.74, 6) is 0. The van der Waals surface area contributed by atoms with Gasteiger partial charge in [-0.25, -0.2) is 0 Å². The second-order valence-electron chi connectivity index (χ2n) is 4.10. The number of ether oxygens (including phenoxy) is 1. The van der Waals surface area contributed by atoms with Crippen molar-refractivity contribution < 1.29 is 9.84 Å². The lowest BCUT2D eigenvalue weighted by Crippen LogP contribution is -2.40. The van der Waals surface area contributed by atoms with Crippen LogP contribution in [0.3, 0.4) is 0 Å². The lowest BCUT2D eigenvalue weighted by molar-refractivity contribution is 0.0506. The van der Waals surface area contributed by atoms with Crippen molar-refractivity contribution in [2.24, 2.45) is 5.41 Å². The molecular formula is C9H17NO2. The van der Waals surface area contributed by atoms with Crippen LogP contribution in [-0.2, 0) is 4.74 Å². The van der Waals surface area contributed by atoms with Crippen LogP contribution in [0.25, 0.3) is 0 Å². The number of aliphatic hydroxyl groups is 1. The Balaban J connectivity index is 1.94. The van der Waals surface area contributed by atoms with Crippen LogP contribution in [0.5, 0.6) is 0 Å². The van der Waals surface area contributed by atoms with E-state index in [0.717, 1.165) is 26.1 Å². The largest absolute Gasteiger partial charge is 0.394 e. The molecule has 2 aliphatic heterocycles. The van der Waals surface area contributed by atoms with Crippen LogP contribution in [0.1, 0.15) is 19.3 Å². The molecular weight excluding hydrogens is 154 g/mol. The quantitative estimate of drug-likeness (QED) is 0.589. The second-order valence-corrected chi connectivity index (χ2v) is 4.10. The predicted molar refractivity (Wildman–Crippen MR) is 46.0 cm³/mol. The Morgan fingerprint density at radius 1 is 1.58 bits per heavy atom. The maximum absolute atomic E-state index is 8.93. The van der Waals surface area contributed by atoms with Gasteiger partial charge in [0.2, 0.25) is 0 Å². The number of nitrogens with one attached hydrogen (secondary N) is 1. The fourth-order valence-corrected chi connectivity index (χ4v) is 2.34. The van der Waals surface area contributed by atoms with Crippen LogP contribution in [0.15, 0.2) is 0 Å². The summed E-state index contributed by atoms with van der Waals surface area (Å²) in [5.41, 5.74) is 0.353. The molecule has 0 bridgehead atoms. The molecule has 3 nitrogen and oxygen atoms in total. The smallest absolute Gasteiger partial charge is 0.0812 e. The lowest BCUT2D eigenvalue weighted by Gasteiger charge is -2.32. The van der Waals surface area contributed by atoms with Gasteiger partial charge in [0.1, 0.15) is 0 Å². The first kappa shape index (κ1) is 8.48. The third-order valence-electron chi connectivity index (χ3n) is 3.05. The van der Waals surface area contributed by atoms with Crippen molar-refractivity contribution in [2.75, 3.05) is 26.3 Å². The number of hydrogen-bond donors (Lipinski definition) is 2. The highest BCUT2D eigenvalue weighted by Crippen LogP contribution is 2.37. The second kappa shape index (κ2) is 3.32. The molecule has 2 N–H and O–H groups in total. The molecule has 0 unspecified atom stereocenters. The summed E-state index contributed by atoms with van der Waals surface area (Å²) >= 11 is 0. The number of aliphatic hydroxyl groups excluding tert-OH is 1. The van der Waals surface area contributed by atoms with Crippen LogP contribution < -0.4 is 5.32 Å². The first-order chi connectivity index (χ1) is 5.85. The summed E-state index contributed by atoms with van der Waals surface area (Å²) in [6, 6.07) is 0. The van der Waals surface area contributed by atoms with Gasteiger partial charge in [-0.2, -0.15) is 0 Å². The molecule has 0 aliphatic carbocycles. The van der Waals surface area contributed by atoms with Gasteiger partial charge in [-0.15, -0.1) is 0 Å². The standard InChI is InChI=1S/C9H17NO2/c11-5-8-4-9(7-12-8)2-1-3-10-6-9/h8,10-11H,1-7H2/t8-,9+/m0/s1. The van der Waals surface area contributed by atoms with E-state index in [1.807, 2.05) is 0 Å². The summed E-state index contributed by atoms with van der Waals surface area (Å²) < 4.78 is 5.51. The van der Waals surface area contributed by atoms with Gasteiger partial charge in [0.25, 0.3) is 0 Å². The van der Waals surface area contributed by atoms with Gasteiger partial charge in [0.05, 0.1) is 19.3 Å². The van der Waals surface area contributed by atoms with E-state index in [9.17, 15) is 0 Å². The Labute approximate surface area is 73.1 Å². The van der Waals surface area contributed by atoms with E-state index in [4.69, 9.17) is 9.84 Å². The van der Waals surface area contributed by atoms with Crippen molar-refractivity contribution >= 4 is 0 Å². The van der Waals surface area contributed by atoms with Crippen LogP contribution in [0.4, 0.5) is 0 Å². The Morgan fingerprint density at radius 3 is 3.08 bits per heavy atom. The molecule has 12 heavy (non-hydrogen) atoms. The van der Waals surface area contributed by atoms with Gasteiger partial charge in [-0.05, 0) is 25.8 Å². The van der Waals surface area contributed by atoms with Crippen LogP contribution >= 0.6 is 0 Å². The molecule has 0 saturated carbocycles. The summed E-state index contributed by atoms with van der Waals surface area (Å²) in [5, 5.41) is 12.3. The van der Waals surface area contributed by atoms with Gasteiger partial charge >= 0.3 is 0 Å². The Hall–Kier alpha value is -0.120. The zero-order valence-electron chi connectivity index (χ0n) is 7.38. The molecule has 1 spiro atoms. The van der Waals surface area contributed by atoms with E-state index in [-0.39, 0.29) is 12.7 Å². The summed E-state index contributed by atoms with van der Waals surface area (Å²) in [6.45, 7) is 3.24. The summed E-state index contributed by atoms with van der Waals surface area (Å²) in [6.07, 6.45) is 3.65. The van der Waals surface area contributed by atoms with Gasteiger partial charge < -0.3 is 15.2 Å². The number of rotatable bonds is 1. The monoisotopic (exact) mass is 171 g/mol. The molecule has 70 valence electrons. The third-order valence-corrected chi connectivity index (χ3v) is 3.05. The van der Waals surface area contributed by atoms with Crippen LogP contribution in [-0.4, -0.2) is 37.5 Å². The van der Waals surface area contributed by atoms with Crippen LogP contribution in [0, 0.1) is 5.41 Å².